The van der Waals surface area contributed by atoms with Gasteiger partial charge in [0.2, 0.25) is 10.0 Å². The van der Waals surface area contributed by atoms with Crippen LogP contribution in [0.5, 0.6) is 5.75 Å². The zero-order valence-corrected chi connectivity index (χ0v) is 20.2. The molecule has 35 heavy (non-hydrogen) atoms. The van der Waals surface area contributed by atoms with Crippen molar-refractivity contribution >= 4 is 31.5 Å². The van der Waals surface area contributed by atoms with Gasteiger partial charge in [-0.3, -0.25) is 0 Å². The van der Waals surface area contributed by atoms with Gasteiger partial charge in [0.25, 0.3) is 0 Å². The van der Waals surface area contributed by atoms with Gasteiger partial charge in [-0.2, -0.15) is 13.2 Å². The van der Waals surface area contributed by atoms with E-state index in [2.05, 4.69) is 0 Å². The van der Waals surface area contributed by atoms with E-state index in [0.717, 1.165) is 12.1 Å². The summed E-state index contributed by atoms with van der Waals surface area (Å²) in [6, 6.07) is 5.58. The van der Waals surface area contributed by atoms with E-state index in [0.29, 0.717) is 0 Å². The molecule has 0 aromatic heterocycles. The first-order valence-corrected chi connectivity index (χ1v) is 13.9. The van der Waals surface area contributed by atoms with Crippen molar-refractivity contribution in [3.63, 3.8) is 0 Å². The van der Waals surface area contributed by atoms with Gasteiger partial charge in [0.05, 0.1) is 17.1 Å². The summed E-state index contributed by atoms with van der Waals surface area (Å²) < 4.78 is 125. The first-order chi connectivity index (χ1) is 16.2. The summed E-state index contributed by atoms with van der Waals surface area (Å²) in [5, 5.41) is 0.241. The molecular weight excluding hydrogens is 541 g/mol. The maximum absolute atomic E-state index is 15.2. The van der Waals surface area contributed by atoms with Crippen LogP contribution < -0.4 is 9.46 Å². The van der Waals surface area contributed by atoms with Crippen LogP contribution in [-0.2, 0) is 24.6 Å². The van der Waals surface area contributed by atoms with Crippen molar-refractivity contribution in [3.8, 4) is 5.75 Å². The van der Waals surface area contributed by atoms with Crippen LogP contribution in [0.15, 0.2) is 41.3 Å². The highest BCUT2D eigenvalue weighted by atomic mass is 35.5. The number of nitrogens with one attached hydrogen (secondary N) is 1. The third kappa shape index (κ3) is 4.75. The second kappa shape index (κ2) is 8.86. The molecule has 1 heterocycles. The van der Waals surface area contributed by atoms with E-state index in [4.69, 9.17) is 16.3 Å². The molecule has 1 aliphatic carbocycles. The van der Waals surface area contributed by atoms with Crippen LogP contribution in [0.2, 0.25) is 5.02 Å². The molecule has 1 N–H and O–H groups in total. The van der Waals surface area contributed by atoms with Crippen molar-refractivity contribution in [2.75, 3.05) is 12.4 Å². The summed E-state index contributed by atoms with van der Waals surface area (Å²) in [5.74, 6) is -5.76. The molecule has 0 amide bonds. The van der Waals surface area contributed by atoms with Gasteiger partial charge in [-0.15, -0.1) is 0 Å². The highest BCUT2D eigenvalue weighted by Crippen LogP contribution is 2.56. The first kappa shape index (κ1) is 26.1. The van der Waals surface area contributed by atoms with Crippen LogP contribution in [-0.4, -0.2) is 41.4 Å². The maximum Gasteiger partial charge on any atom is 0.404 e. The van der Waals surface area contributed by atoms with Crippen molar-refractivity contribution in [1.29, 1.82) is 0 Å². The average Bonchev–Trinajstić information content (AvgIpc) is 2.74. The van der Waals surface area contributed by atoms with Crippen molar-refractivity contribution < 1.29 is 43.5 Å². The fourth-order valence-corrected chi connectivity index (χ4v) is 8.68. The standard InChI is InChI=1S/C21H19ClF5NO5S2/c22-13-1-3-15(4-2-13)35(31,32)20-8-7-14(28-34(29,30)11-21(25,26)27)9-12(20)10-33-19-17(24)6-5-16(23)18(19)20/h1-6,12,14,28H,7-11H2/t12-,14-,20+/m1/s1. The topological polar surface area (TPSA) is 89.5 Å². The molecule has 0 radical (unpaired) electrons. The molecule has 1 saturated carbocycles. The van der Waals surface area contributed by atoms with E-state index < -0.39 is 84.5 Å². The van der Waals surface area contributed by atoms with E-state index in [1.165, 1.54) is 24.3 Å². The number of fused-ring (bicyclic) bond motifs is 3. The van der Waals surface area contributed by atoms with Gasteiger partial charge in [0, 0.05) is 17.0 Å². The Bertz CT molecular complexity index is 1350. The summed E-state index contributed by atoms with van der Waals surface area (Å²) in [6.45, 7) is -0.419. The van der Waals surface area contributed by atoms with Gasteiger partial charge in [-0.1, -0.05) is 11.6 Å². The maximum atomic E-state index is 15.2. The van der Waals surface area contributed by atoms with Gasteiger partial charge in [-0.25, -0.2) is 30.3 Å². The summed E-state index contributed by atoms with van der Waals surface area (Å²) in [5.41, 5.74) is -0.514. The second-order valence-electron chi connectivity index (χ2n) is 8.55. The molecule has 6 nitrogen and oxygen atoms in total. The average molecular weight is 560 g/mol. The molecule has 0 spiro atoms. The predicted molar refractivity (Wildman–Crippen MR) is 116 cm³/mol. The number of sulfone groups is 1. The molecule has 4 rings (SSSR count). The zero-order chi connectivity index (χ0) is 25.8. The second-order valence-corrected chi connectivity index (χ2v) is 12.9. The number of ether oxygens (including phenoxy) is 1. The molecule has 192 valence electrons. The van der Waals surface area contributed by atoms with Gasteiger partial charge >= 0.3 is 6.18 Å². The summed E-state index contributed by atoms with van der Waals surface area (Å²) in [6.07, 6.45) is -5.89. The number of rotatable bonds is 5. The SMILES string of the molecule is O=S(=O)(CC(F)(F)F)N[C@@H]1CC[C@@]2(S(=O)(=O)c3ccc(Cl)cc3)c3c(F)ccc(F)c3OC[C@H]2C1. The van der Waals surface area contributed by atoms with Crippen LogP contribution in [0, 0.1) is 17.6 Å². The molecule has 2 aromatic carbocycles. The largest absolute Gasteiger partial charge is 0.490 e. The Morgan fingerprint density at radius 2 is 1.66 bits per heavy atom. The van der Waals surface area contributed by atoms with Gasteiger partial charge < -0.3 is 4.74 Å². The molecule has 0 saturated heterocycles. The monoisotopic (exact) mass is 559 g/mol. The molecule has 0 unspecified atom stereocenters. The third-order valence-corrected chi connectivity index (χ3v) is 10.6. The van der Waals surface area contributed by atoms with Crippen LogP contribution in [0.4, 0.5) is 22.0 Å². The number of sulfonamides is 1. The number of halogens is 6. The van der Waals surface area contributed by atoms with Crippen molar-refractivity contribution in [2.24, 2.45) is 5.92 Å². The van der Waals surface area contributed by atoms with Crippen LogP contribution in [0.1, 0.15) is 24.8 Å². The normalized spacial score (nSPS) is 24.9. The molecule has 3 atom stereocenters. The van der Waals surface area contributed by atoms with Crippen LogP contribution in [0.3, 0.4) is 0 Å². The number of benzene rings is 2. The lowest BCUT2D eigenvalue weighted by Gasteiger charge is -2.49. The molecule has 0 bridgehead atoms. The van der Waals surface area contributed by atoms with E-state index in [-0.39, 0.29) is 22.8 Å². The van der Waals surface area contributed by atoms with Gasteiger partial charge in [-0.05, 0) is 55.7 Å². The summed E-state index contributed by atoms with van der Waals surface area (Å²) in [4.78, 5) is -0.223. The smallest absolute Gasteiger partial charge is 0.404 e. The Hall–Kier alpha value is -1.96. The van der Waals surface area contributed by atoms with Crippen LogP contribution in [0.25, 0.3) is 0 Å². The van der Waals surface area contributed by atoms with E-state index in [9.17, 15) is 34.4 Å². The molecule has 1 aliphatic heterocycles. The van der Waals surface area contributed by atoms with Gasteiger partial charge in [0.15, 0.2) is 27.2 Å². The molecular formula is C21H19ClF5NO5S2. The highest BCUT2D eigenvalue weighted by Gasteiger charge is 2.60. The Morgan fingerprint density at radius 3 is 2.29 bits per heavy atom. The van der Waals surface area contributed by atoms with Crippen molar-refractivity contribution in [3.05, 3.63) is 58.6 Å². The Balaban J connectivity index is 1.81. The molecule has 1 fully saturated rings. The van der Waals surface area contributed by atoms with Crippen molar-refractivity contribution in [2.45, 2.75) is 41.1 Å². The minimum Gasteiger partial charge on any atom is -0.490 e. The quantitative estimate of drug-likeness (QED) is 0.551. The Labute approximate surface area is 203 Å². The molecule has 2 aromatic rings. The number of hydrogen-bond donors (Lipinski definition) is 1. The number of hydrogen-bond acceptors (Lipinski definition) is 5. The molecule has 2 aliphatic rings. The molecule has 14 heteroatoms. The van der Waals surface area contributed by atoms with Gasteiger partial charge in [0.1, 0.15) is 10.6 Å². The minimum absolute atomic E-state index is 0.223. The lowest BCUT2D eigenvalue weighted by atomic mass is 9.71. The van der Waals surface area contributed by atoms with E-state index in [1.54, 1.807) is 0 Å². The van der Waals surface area contributed by atoms with E-state index >= 15 is 4.39 Å². The Morgan fingerprint density at radius 1 is 1.03 bits per heavy atom. The summed E-state index contributed by atoms with van der Waals surface area (Å²) >= 11 is 5.87. The van der Waals surface area contributed by atoms with Crippen LogP contribution >= 0.6 is 11.6 Å². The lowest BCUT2D eigenvalue weighted by Crippen LogP contribution is -2.55. The highest BCUT2D eigenvalue weighted by molar-refractivity contribution is 7.92. The fraction of sp³-hybridized carbons (Fsp3) is 0.429. The number of alkyl halides is 3. The minimum atomic E-state index is -4.98. The predicted octanol–water partition coefficient (Wildman–Crippen LogP) is 4.33. The van der Waals surface area contributed by atoms with E-state index in [1.807, 2.05) is 4.72 Å². The summed E-state index contributed by atoms with van der Waals surface area (Å²) in [7, 11) is -9.23. The fourth-order valence-electron chi connectivity index (χ4n) is 4.96. The lowest BCUT2D eigenvalue weighted by molar-refractivity contribution is -0.106. The first-order valence-electron chi connectivity index (χ1n) is 10.3. The Kier molecular flexibility index (Phi) is 6.61. The third-order valence-electron chi connectivity index (χ3n) is 6.31. The van der Waals surface area contributed by atoms with Crippen molar-refractivity contribution in [1.82, 2.24) is 4.72 Å². The zero-order valence-electron chi connectivity index (χ0n) is 17.8.